The second-order valence-corrected chi connectivity index (χ2v) is 6.91. The quantitative estimate of drug-likeness (QED) is 0.175. The van der Waals surface area contributed by atoms with E-state index in [4.69, 9.17) is 0 Å². The number of unbranched alkanes of at least 4 members (excludes halogenated alkanes) is 3. The van der Waals surface area contributed by atoms with Gasteiger partial charge in [0, 0.05) is 72.3 Å². The molecular weight excluding hydrogens is 465 g/mol. The number of aliphatic imine (C=N–C) groups is 1. The summed E-state index contributed by atoms with van der Waals surface area (Å²) >= 11 is 0. The third kappa shape index (κ3) is 8.72. The van der Waals surface area contributed by atoms with Gasteiger partial charge in [-0.15, -0.1) is 30.6 Å². The van der Waals surface area contributed by atoms with E-state index in [2.05, 4.69) is 48.6 Å². The molecule has 0 amide bonds. The maximum atomic E-state index is 4.41. The number of nitrogens with one attached hydrogen (secondary N) is 1. The first kappa shape index (κ1) is 24.6. The molecule has 7 nitrogen and oxygen atoms in total. The monoisotopic (exact) mass is 501 g/mol. The van der Waals surface area contributed by atoms with Crippen LogP contribution in [0.15, 0.2) is 36.1 Å². The number of hydrogen-bond acceptors (Lipinski definition) is 5. The van der Waals surface area contributed by atoms with Crippen LogP contribution in [0.1, 0.15) is 25.7 Å². The highest BCUT2D eigenvalue weighted by Crippen LogP contribution is 2.09. The van der Waals surface area contributed by atoms with Gasteiger partial charge in [0.05, 0.1) is 0 Å². The van der Waals surface area contributed by atoms with E-state index in [1.165, 1.54) is 19.3 Å². The summed E-state index contributed by atoms with van der Waals surface area (Å²) in [7, 11) is 3.97. The molecule has 0 radical (unpaired) electrons. The van der Waals surface area contributed by atoms with E-state index in [1.807, 2.05) is 19.2 Å². The van der Waals surface area contributed by atoms with Gasteiger partial charge in [-0.3, -0.25) is 9.89 Å². The van der Waals surface area contributed by atoms with Crippen LogP contribution < -0.4 is 10.2 Å². The minimum absolute atomic E-state index is 0. The molecule has 0 saturated carbocycles. The van der Waals surface area contributed by atoms with E-state index in [0.717, 1.165) is 64.1 Å². The minimum Gasteiger partial charge on any atom is -0.355 e. The van der Waals surface area contributed by atoms with Crippen LogP contribution in [-0.4, -0.2) is 85.6 Å². The molecule has 0 bridgehead atoms. The van der Waals surface area contributed by atoms with Gasteiger partial charge in [0.1, 0.15) is 0 Å². The smallest absolute Gasteiger partial charge is 0.225 e. The maximum Gasteiger partial charge on any atom is 0.225 e. The lowest BCUT2D eigenvalue weighted by Crippen LogP contribution is -2.50. The first-order chi connectivity index (χ1) is 13.2. The second-order valence-electron chi connectivity index (χ2n) is 6.91. The Labute approximate surface area is 187 Å². The van der Waals surface area contributed by atoms with Crippen molar-refractivity contribution in [2.45, 2.75) is 25.7 Å². The molecule has 158 valence electrons. The van der Waals surface area contributed by atoms with E-state index >= 15 is 0 Å². The van der Waals surface area contributed by atoms with Crippen LogP contribution in [0.4, 0.5) is 5.95 Å². The molecule has 1 N–H and O–H groups in total. The molecule has 1 aliphatic rings. The summed E-state index contributed by atoms with van der Waals surface area (Å²) < 4.78 is 0. The van der Waals surface area contributed by atoms with Crippen LogP contribution in [0.3, 0.4) is 0 Å². The molecule has 1 aromatic heterocycles. The zero-order valence-corrected chi connectivity index (χ0v) is 19.7. The normalized spacial score (nSPS) is 15.1. The number of aromatic nitrogens is 2. The predicted molar refractivity (Wildman–Crippen MR) is 129 cm³/mol. The molecule has 0 aliphatic carbocycles. The average Bonchev–Trinajstić information content (AvgIpc) is 2.72. The zero-order chi connectivity index (χ0) is 19.3. The summed E-state index contributed by atoms with van der Waals surface area (Å²) in [5.74, 6) is 1.82. The molecule has 0 atom stereocenters. The highest BCUT2D eigenvalue weighted by Gasteiger charge is 2.18. The van der Waals surface area contributed by atoms with E-state index in [9.17, 15) is 0 Å². The molecule has 2 heterocycles. The molecule has 8 heteroatoms. The van der Waals surface area contributed by atoms with Crippen molar-refractivity contribution in [3.63, 3.8) is 0 Å². The zero-order valence-electron chi connectivity index (χ0n) is 17.4. The summed E-state index contributed by atoms with van der Waals surface area (Å²) in [6.07, 6.45) is 10.4. The van der Waals surface area contributed by atoms with Gasteiger partial charge in [-0.25, -0.2) is 9.97 Å². The standard InChI is InChI=1S/C20H35N7.HI/c1-4-5-6-7-8-13-25(3)19(21-2)24-12-14-26-15-17-27(18-16-26)20-22-10-9-11-23-20;/h4,9-11H,1,5-8,12-18H2,2-3H3,(H,21,24);1H. The molecule has 0 spiro atoms. The van der Waals surface area contributed by atoms with E-state index in [0.29, 0.717) is 0 Å². The molecule has 1 aliphatic heterocycles. The van der Waals surface area contributed by atoms with Gasteiger partial charge in [0.25, 0.3) is 0 Å². The van der Waals surface area contributed by atoms with Gasteiger partial charge in [0.2, 0.25) is 5.95 Å². The van der Waals surface area contributed by atoms with Gasteiger partial charge in [-0.1, -0.05) is 12.5 Å². The van der Waals surface area contributed by atoms with Crippen molar-refractivity contribution in [2.75, 3.05) is 64.8 Å². The fraction of sp³-hybridized carbons (Fsp3) is 0.650. The van der Waals surface area contributed by atoms with E-state index in [1.54, 1.807) is 12.4 Å². The van der Waals surface area contributed by atoms with Crippen molar-refractivity contribution >= 4 is 35.9 Å². The molecule has 1 saturated heterocycles. The van der Waals surface area contributed by atoms with Crippen molar-refractivity contribution in [1.29, 1.82) is 0 Å². The Morgan fingerprint density at radius 2 is 1.93 bits per heavy atom. The number of guanidine groups is 1. The van der Waals surface area contributed by atoms with Gasteiger partial charge >= 0.3 is 0 Å². The van der Waals surface area contributed by atoms with Gasteiger partial charge in [0.15, 0.2) is 5.96 Å². The van der Waals surface area contributed by atoms with Crippen molar-refractivity contribution in [2.24, 2.45) is 4.99 Å². The number of rotatable bonds is 10. The fourth-order valence-corrected chi connectivity index (χ4v) is 3.26. The maximum absolute atomic E-state index is 4.41. The van der Waals surface area contributed by atoms with Crippen LogP contribution in [0, 0.1) is 0 Å². The van der Waals surface area contributed by atoms with Gasteiger partial charge < -0.3 is 15.1 Å². The SMILES string of the molecule is C=CCCCCCN(C)C(=NC)NCCN1CCN(c2ncccn2)CC1.I. The minimum atomic E-state index is 0. The molecule has 0 aromatic carbocycles. The molecule has 28 heavy (non-hydrogen) atoms. The summed E-state index contributed by atoms with van der Waals surface area (Å²) in [6.45, 7) is 10.8. The van der Waals surface area contributed by atoms with Gasteiger partial charge in [-0.2, -0.15) is 0 Å². The third-order valence-corrected chi connectivity index (χ3v) is 4.89. The second kappa shape index (κ2) is 14.6. The van der Waals surface area contributed by atoms with Crippen LogP contribution in [0.25, 0.3) is 0 Å². The van der Waals surface area contributed by atoms with Crippen molar-refractivity contribution in [3.8, 4) is 0 Å². The number of halogens is 1. The molecule has 1 aromatic rings. The number of allylic oxidation sites excluding steroid dienone is 1. The number of anilines is 1. The number of hydrogen-bond donors (Lipinski definition) is 1. The summed E-state index contributed by atoms with van der Waals surface area (Å²) in [4.78, 5) is 20.0. The Bertz CT molecular complexity index is 559. The molecule has 1 fully saturated rings. The van der Waals surface area contributed by atoms with E-state index in [-0.39, 0.29) is 24.0 Å². The van der Waals surface area contributed by atoms with Crippen molar-refractivity contribution in [3.05, 3.63) is 31.1 Å². The fourth-order valence-electron chi connectivity index (χ4n) is 3.26. The van der Waals surface area contributed by atoms with Crippen LogP contribution in [0.5, 0.6) is 0 Å². The first-order valence-corrected chi connectivity index (χ1v) is 10.0. The Morgan fingerprint density at radius 3 is 2.57 bits per heavy atom. The first-order valence-electron chi connectivity index (χ1n) is 10.0. The highest BCUT2D eigenvalue weighted by molar-refractivity contribution is 14.0. The summed E-state index contributed by atoms with van der Waals surface area (Å²) in [6, 6.07) is 1.86. The van der Waals surface area contributed by atoms with Crippen molar-refractivity contribution in [1.82, 2.24) is 25.1 Å². The Morgan fingerprint density at radius 1 is 1.21 bits per heavy atom. The Hall–Kier alpha value is -1.42. The van der Waals surface area contributed by atoms with Crippen LogP contribution >= 0.6 is 24.0 Å². The third-order valence-electron chi connectivity index (χ3n) is 4.89. The van der Waals surface area contributed by atoms with E-state index < -0.39 is 0 Å². The van der Waals surface area contributed by atoms with Gasteiger partial charge in [-0.05, 0) is 25.3 Å². The summed E-state index contributed by atoms with van der Waals surface area (Å²) in [5.41, 5.74) is 0. The average molecular weight is 501 g/mol. The lowest BCUT2D eigenvalue weighted by Gasteiger charge is -2.34. The molecule has 0 unspecified atom stereocenters. The largest absolute Gasteiger partial charge is 0.355 e. The lowest BCUT2D eigenvalue weighted by molar-refractivity contribution is 0.259. The Balaban J connectivity index is 0.00000392. The summed E-state index contributed by atoms with van der Waals surface area (Å²) in [5, 5.41) is 3.49. The topological polar surface area (TPSA) is 59.9 Å². The highest BCUT2D eigenvalue weighted by atomic mass is 127. The molecule has 2 rings (SSSR count). The number of nitrogens with zero attached hydrogens (tertiary/aromatic N) is 6. The van der Waals surface area contributed by atoms with Crippen LogP contribution in [-0.2, 0) is 0 Å². The predicted octanol–water partition coefficient (Wildman–Crippen LogP) is 2.47. The number of piperazine rings is 1. The van der Waals surface area contributed by atoms with Crippen molar-refractivity contribution < 1.29 is 0 Å². The Kier molecular flexibility index (Phi) is 12.8. The molecular formula is C20H36IN7. The van der Waals surface area contributed by atoms with Crippen LogP contribution in [0.2, 0.25) is 0 Å². The lowest BCUT2D eigenvalue weighted by atomic mass is 10.2.